The average molecular weight is 292 g/mol. The first-order valence-corrected chi connectivity index (χ1v) is 6.20. The van der Waals surface area contributed by atoms with Crippen molar-refractivity contribution in [2.24, 2.45) is 0 Å². The first-order chi connectivity index (χ1) is 8.77. The number of rotatable bonds is 5. The Labute approximate surface area is 116 Å². The van der Waals surface area contributed by atoms with Gasteiger partial charge < -0.3 is 9.64 Å². The van der Waals surface area contributed by atoms with Gasteiger partial charge in [0.05, 0.1) is 5.54 Å². The molecule has 0 aliphatic rings. The van der Waals surface area contributed by atoms with Crippen molar-refractivity contribution in [1.82, 2.24) is 4.90 Å². The summed E-state index contributed by atoms with van der Waals surface area (Å²) < 4.78 is 28.2. The van der Waals surface area contributed by atoms with E-state index in [4.69, 9.17) is 11.6 Å². The fourth-order valence-electron chi connectivity index (χ4n) is 1.34. The third-order valence-corrected chi connectivity index (χ3v) is 3.52. The molecule has 0 saturated carbocycles. The number of amides is 1. The maximum absolute atomic E-state index is 12.2. The second-order valence-corrected chi connectivity index (χ2v) is 4.98. The van der Waals surface area contributed by atoms with E-state index in [-0.39, 0.29) is 11.7 Å². The smallest absolute Gasteiger partial charge is 0.387 e. The molecule has 0 atom stereocenters. The van der Waals surface area contributed by atoms with Crippen LogP contribution in [0.3, 0.4) is 0 Å². The van der Waals surface area contributed by atoms with Crippen LogP contribution in [0.25, 0.3) is 0 Å². The van der Waals surface area contributed by atoms with Crippen LogP contribution in [-0.4, -0.2) is 35.9 Å². The Bertz CT molecular complexity index is 435. The van der Waals surface area contributed by atoms with Crippen LogP contribution in [0.1, 0.15) is 24.2 Å². The molecule has 0 bridgehead atoms. The summed E-state index contributed by atoms with van der Waals surface area (Å²) in [6.45, 7) is 0.803. The van der Waals surface area contributed by atoms with Crippen molar-refractivity contribution >= 4 is 17.5 Å². The molecule has 1 rings (SSSR count). The molecule has 0 N–H and O–H groups in total. The van der Waals surface area contributed by atoms with E-state index in [2.05, 4.69) is 4.74 Å². The third-order valence-electron chi connectivity index (χ3n) is 2.87. The molecule has 6 heteroatoms. The maximum atomic E-state index is 12.2. The lowest BCUT2D eigenvalue weighted by atomic mass is 10.0. The Hall–Kier alpha value is -1.36. The maximum Gasteiger partial charge on any atom is 0.387 e. The van der Waals surface area contributed by atoms with E-state index in [0.717, 1.165) is 0 Å². The number of ether oxygens (including phenoxy) is 1. The fraction of sp³-hybridized carbons (Fsp3) is 0.462. The molecule has 0 spiro atoms. The number of hydrogen-bond acceptors (Lipinski definition) is 2. The lowest BCUT2D eigenvalue weighted by molar-refractivity contribution is -0.0498. The molecule has 106 valence electrons. The van der Waals surface area contributed by atoms with Gasteiger partial charge in [-0.1, -0.05) is 0 Å². The van der Waals surface area contributed by atoms with Gasteiger partial charge in [-0.3, -0.25) is 4.79 Å². The van der Waals surface area contributed by atoms with Crippen LogP contribution in [0.2, 0.25) is 0 Å². The number of hydrogen-bond donors (Lipinski definition) is 0. The number of benzene rings is 1. The molecule has 0 saturated heterocycles. The summed E-state index contributed by atoms with van der Waals surface area (Å²) in [5.74, 6) is 0.0852. The van der Waals surface area contributed by atoms with Gasteiger partial charge in [0.2, 0.25) is 0 Å². The lowest BCUT2D eigenvalue weighted by Crippen LogP contribution is -2.46. The van der Waals surface area contributed by atoms with E-state index in [9.17, 15) is 13.6 Å². The van der Waals surface area contributed by atoms with Crippen molar-refractivity contribution < 1.29 is 18.3 Å². The summed E-state index contributed by atoms with van der Waals surface area (Å²) in [5.41, 5.74) is -0.0983. The molecular weight excluding hydrogens is 276 g/mol. The number of halogens is 3. The van der Waals surface area contributed by atoms with Gasteiger partial charge in [-0.25, -0.2) is 0 Å². The molecule has 0 aliphatic heterocycles. The fourth-order valence-corrected chi connectivity index (χ4v) is 1.52. The minimum Gasteiger partial charge on any atom is -0.435 e. The summed E-state index contributed by atoms with van der Waals surface area (Å²) in [7, 11) is 1.65. The SMILES string of the molecule is CN(C(=O)c1ccc(OC(F)F)cc1)C(C)(C)CCl. The molecule has 0 fully saturated rings. The van der Waals surface area contributed by atoms with Gasteiger partial charge in [0, 0.05) is 18.5 Å². The molecule has 19 heavy (non-hydrogen) atoms. The Morgan fingerprint density at radius 3 is 2.32 bits per heavy atom. The highest BCUT2D eigenvalue weighted by atomic mass is 35.5. The zero-order chi connectivity index (χ0) is 14.6. The standard InChI is InChI=1S/C13H16ClF2NO2/c1-13(2,8-14)17(3)11(18)9-4-6-10(7-5-9)19-12(15)16/h4-7,12H,8H2,1-3H3. The normalized spacial score (nSPS) is 11.5. The Morgan fingerprint density at radius 2 is 1.89 bits per heavy atom. The first-order valence-electron chi connectivity index (χ1n) is 5.67. The van der Waals surface area contributed by atoms with Crippen LogP contribution >= 0.6 is 11.6 Å². The Kier molecular flexibility index (Phi) is 5.11. The molecule has 0 aliphatic carbocycles. The molecule has 0 unspecified atom stereocenters. The predicted molar refractivity (Wildman–Crippen MR) is 70.0 cm³/mol. The summed E-state index contributed by atoms with van der Waals surface area (Å²) in [6.07, 6.45) is 0. The zero-order valence-corrected chi connectivity index (χ0v) is 11.7. The highest BCUT2D eigenvalue weighted by Gasteiger charge is 2.27. The van der Waals surface area contributed by atoms with Crippen molar-refractivity contribution in [3.05, 3.63) is 29.8 Å². The second kappa shape index (κ2) is 6.19. The molecule has 0 aromatic heterocycles. The van der Waals surface area contributed by atoms with Gasteiger partial charge >= 0.3 is 6.61 Å². The molecule has 1 aromatic carbocycles. The minimum absolute atomic E-state index is 0.0193. The summed E-state index contributed by atoms with van der Waals surface area (Å²) in [4.78, 5) is 13.7. The third kappa shape index (κ3) is 4.06. The second-order valence-electron chi connectivity index (χ2n) is 4.71. The van der Waals surface area contributed by atoms with Crippen LogP contribution in [0.5, 0.6) is 5.75 Å². The predicted octanol–water partition coefficient (Wildman–Crippen LogP) is 3.38. The van der Waals surface area contributed by atoms with Crippen LogP contribution in [-0.2, 0) is 0 Å². The Morgan fingerprint density at radius 1 is 1.37 bits per heavy atom. The van der Waals surface area contributed by atoms with Gasteiger partial charge in [0.25, 0.3) is 5.91 Å². The highest BCUT2D eigenvalue weighted by Crippen LogP contribution is 2.20. The molecule has 1 amide bonds. The van der Waals surface area contributed by atoms with E-state index in [1.54, 1.807) is 7.05 Å². The van der Waals surface area contributed by atoms with Crippen molar-refractivity contribution in [3.63, 3.8) is 0 Å². The number of carbonyl (C=O) groups is 1. The van der Waals surface area contributed by atoms with Crippen LogP contribution in [0.4, 0.5) is 8.78 Å². The van der Waals surface area contributed by atoms with Crippen LogP contribution in [0.15, 0.2) is 24.3 Å². The van der Waals surface area contributed by atoms with Gasteiger partial charge in [0.15, 0.2) is 0 Å². The largest absolute Gasteiger partial charge is 0.435 e. The highest BCUT2D eigenvalue weighted by molar-refractivity contribution is 6.18. The molecule has 0 heterocycles. The number of carbonyl (C=O) groups excluding carboxylic acids is 1. The summed E-state index contributed by atoms with van der Waals surface area (Å²) in [6, 6.07) is 5.56. The van der Waals surface area contributed by atoms with Gasteiger partial charge in [-0.15, -0.1) is 11.6 Å². The van der Waals surface area contributed by atoms with Crippen molar-refractivity contribution in [1.29, 1.82) is 0 Å². The number of nitrogens with zero attached hydrogens (tertiary/aromatic N) is 1. The molecule has 3 nitrogen and oxygen atoms in total. The quantitative estimate of drug-likeness (QED) is 0.778. The molecule has 0 radical (unpaired) electrons. The van der Waals surface area contributed by atoms with Crippen molar-refractivity contribution in [2.45, 2.75) is 26.0 Å². The summed E-state index contributed by atoms with van der Waals surface area (Å²) >= 11 is 5.80. The minimum atomic E-state index is -2.88. The summed E-state index contributed by atoms with van der Waals surface area (Å²) in [5, 5.41) is 0. The average Bonchev–Trinajstić information content (AvgIpc) is 2.37. The molecule has 1 aromatic rings. The van der Waals surface area contributed by atoms with E-state index in [0.29, 0.717) is 11.4 Å². The Balaban J connectivity index is 2.84. The lowest BCUT2D eigenvalue weighted by Gasteiger charge is -2.34. The van der Waals surface area contributed by atoms with Crippen molar-refractivity contribution in [2.75, 3.05) is 12.9 Å². The zero-order valence-electron chi connectivity index (χ0n) is 11.0. The van der Waals surface area contributed by atoms with E-state index >= 15 is 0 Å². The van der Waals surface area contributed by atoms with Crippen molar-refractivity contribution in [3.8, 4) is 5.75 Å². The topological polar surface area (TPSA) is 29.5 Å². The van der Waals surface area contributed by atoms with Crippen LogP contribution < -0.4 is 4.74 Å². The van der Waals surface area contributed by atoms with E-state index in [1.807, 2.05) is 13.8 Å². The van der Waals surface area contributed by atoms with Gasteiger partial charge in [0.1, 0.15) is 5.75 Å². The number of alkyl halides is 3. The molecular formula is C13H16ClF2NO2. The van der Waals surface area contributed by atoms with E-state index in [1.165, 1.54) is 29.2 Å². The first kappa shape index (κ1) is 15.7. The van der Waals surface area contributed by atoms with Crippen LogP contribution in [0, 0.1) is 0 Å². The monoisotopic (exact) mass is 291 g/mol. The van der Waals surface area contributed by atoms with Gasteiger partial charge in [-0.05, 0) is 38.1 Å². The van der Waals surface area contributed by atoms with Gasteiger partial charge in [-0.2, -0.15) is 8.78 Å². The van der Waals surface area contributed by atoms with E-state index < -0.39 is 12.2 Å².